The quantitative estimate of drug-likeness (QED) is 0.939. The van der Waals surface area contributed by atoms with Crippen LogP contribution >= 0.6 is 23.2 Å². The number of nitrogens with one attached hydrogen (secondary N) is 1. The van der Waals surface area contributed by atoms with Crippen molar-refractivity contribution >= 4 is 29.0 Å². The maximum atomic E-state index is 8.89. The Bertz CT molecular complexity index is 602. The van der Waals surface area contributed by atoms with Gasteiger partial charge in [0.25, 0.3) is 0 Å². The SMILES string of the molecule is N#Cc1nccnc1NCCc1c(Cl)cccc1Cl. The fraction of sp³-hybridized carbons (Fsp3) is 0.154. The number of anilines is 1. The Morgan fingerprint density at radius 3 is 2.53 bits per heavy atom. The summed E-state index contributed by atoms with van der Waals surface area (Å²) in [6.45, 7) is 0.566. The van der Waals surface area contributed by atoms with Gasteiger partial charge in [-0.1, -0.05) is 29.3 Å². The lowest BCUT2D eigenvalue weighted by molar-refractivity contribution is 0.995. The van der Waals surface area contributed by atoms with Crippen LogP contribution in [0.2, 0.25) is 10.0 Å². The molecule has 4 nitrogen and oxygen atoms in total. The van der Waals surface area contributed by atoms with E-state index in [2.05, 4.69) is 15.3 Å². The molecule has 0 fully saturated rings. The summed E-state index contributed by atoms with van der Waals surface area (Å²) in [4.78, 5) is 7.98. The zero-order valence-electron chi connectivity index (χ0n) is 9.90. The van der Waals surface area contributed by atoms with E-state index in [4.69, 9.17) is 28.5 Å². The largest absolute Gasteiger partial charge is 0.367 e. The molecule has 0 saturated carbocycles. The number of hydrogen-bond donors (Lipinski definition) is 1. The third-order valence-electron chi connectivity index (χ3n) is 2.53. The van der Waals surface area contributed by atoms with Crippen molar-refractivity contribution in [2.45, 2.75) is 6.42 Å². The minimum absolute atomic E-state index is 0.271. The first-order chi connectivity index (χ1) is 9.22. The summed E-state index contributed by atoms with van der Waals surface area (Å²) in [5, 5.41) is 13.2. The van der Waals surface area contributed by atoms with Crippen LogP contribution in [0.25, 0.3) is 0 Å². The Labute approximate surface area is 121 Å². The molecule has 96 valence electrons. The van der Waals surface area contributed by atoms with Crippen molar-refractivity contribution in [3.63, 3.8) is 0 Å². The van der Waals surface area contributed by atoms with E-state index in [1.807, 2.05) is 6.07 Å². The van der Waals surface area contributed by atoms with Gasteiger partial charge >= 0.3 is 0 Å². The van der Waals surface area contributed by atoms with Gasteiger partial charge in [-0.2, -0.15) is 5.26 Å². The molecular formula is C13H10Cl2N4. The van der Waals surface area contributed by atoms with Crippen LogP contribution in [0.5, 0.6) is 0 Å². The molecule has 0 spiro atoms. The Kier molecular flexibility index (Phi) is 4.56. The van der Waals surface area contributed by atoms with Crippen LogP contribution in [0.15, 0.2) is 30.6 Å². The first-order valence-corrected chi connectivity index (χ1v) is 6.36. The standard InChI is InChI=1S/C13H10Cl2N4/c14-10-2-1-3-11(15)9(10)4-5-18-13-12(8-16)17-6-7-19-13/h1-3,6-7H,4-5H2,(H,18,19). The van der Waals surface area contributed by atoms with Crippen LogP contribution in [0.1, 0.15) is 11.3 Å². The first-order valence-electron chi connectivity index (χ1n) is 5.60. The summed E-state index contributed by atoms with van der Waals surface area (Å²) in [7, 11) is 0. The molecule has 0 bridgehead atoms. The summed E-state index contributed by atoms with van der Waals surface area (Å²) < 4.78 is 0. The lowest BCUT2D eigenvalue weighted by atomic mass is 10.1. The molecule has 0 unspecified atom stereocenters. The number of aromatic nitrogens is 2. The van der Waals surface area contributed by atoms with E-state index in [-0.39, 0.29) is 5.69 Å². The van der Waals surface area contributed by atoms with E-state index in [0.29, 0.717) is 28.8 Å². The van der Waals surface area contributed by atoms with Crippen LogP contribution in [-0.2, 0) is 6.42 Å². The van der Waals surface area contributed by atoms with Crippen molar-refractivity contribution in [1.29, 1.82) is 5.26 Å². The monoisotopic (exact) mass is 292 g/mol. The predicted octanol–water partition coefficient (Wildman–Crippen LogP) is 3.31. The zero-order chi connectivity index (χ0) is 13.7. The molecule has 6 heteroatoms. The number of rotatable bonds is 4. The van der Waals surface area contributed by atoms with Gasteiger partial charge in [-0.3, -0.25) is 0 Å². The molecule has 0 atom stereocenters. The molecule has 0 aliphatic carbocycles. The average molecular weight is 293 g/mol. The molecule has 0 amide bonds. The predicted molar refractivity (Wildman–Crippen MR) is 75.4 cm³/mol. The van der Waals surface area contributed by atoms with Crippen LogP contribution in [0.3, 0.4) is 0 Å². The molecule has 1 heterocycles. The molecule has 1 N–H and O–H groups in total. The maximum Gasteiger partial charge on any atom is 0.182 e. The summed E-state index contributed by atoms with van der Waals surface area (Å²) >= 11 is 12.2. The van der Waals surface area contributed by atoms with Gasteiger partial charge in [-0.05, 0) is 24.1 Å². The van der Waals surface area contributed by atoms with E-state index in [9.17, 15) is 0 Å². The van der Waals surface area contributed by atoms with Crippen molar-refractivity contribution in [1.82, 2.24) is 9.97 Å². The highest BCUT2D eigenvalue weighted by Crippen LogP contribution is 2.24. The summed E-state index contributed by atoms with van der Waals surface area (Å²) in [6, 6.07) is 7.38. The zero-order valence-corrected chi connectivity index (χ0v) is 11.4. The molecule has 0 aliphatic rings. The lowest BCUT2D eigenvalue weighted by Crippen LogP contribution is -2.09. The van der Waals surface area contributed by atoms with Crippen molar-refractivity contribution in [2.75, 3.05) is 11.9 Å². The second kappa shape index (κ2) is 6.37. The summed E-state index contributed by atoms with van der Waals surface area (Å²) in [5.74, 6) is 0.466. The van der Waals surface area contributed by atoms with E-state index in [1.165, 1.54) is 12.4 Å². The van der Waals surface area contributed by atoms with Gasteiger partial charge in [0.2, 0.25) is 0 Å². The normalized spacial score (nSPS) is 9.95. The van der Waals surface area contributed by atoms with Crippen LogP contribution in [0, 0.1) is 11.3 Å². The molecule has 1 aromatic heterocycles. The number of halogens is 2. The lowest BCUT2D eigenvalue weighted by Gasteiger charge is -2.09. The number of benzene rings is 1. The van der Waals surface area contributed by atoms with Gasteiger partial charge in [0.15, 0.2) is 11.5 Å². The molecule has 0 aliphatic heterocycles. The molecule has 19 heavy (non-hydrogen) atoms. The van der Waals surface area contributed by atoms with Crippen molar-refractivity contribution < 1.29 is 0 Å². The summed E-state index contributed by atoms with van der Waals surface area (Å²) in [6.07, 6.45) is 3.65. The van der Waals surface area contributed by atoms with Crippen LogP contribution < -0.4 is 5.32 Å². The van der Waals surface area contributed by atoms with Gasteiger partial charge in [0.05, 0.1) is 0 Å². The molecule has 0 saturated heterocycles. The van der Waals surface area contributed by atoms with E-state index in [0.717, 1.165) is 5.56 Å². The minimum atomic E-state index is 0.271. The second-order valence-corrected chi connectivity index (χ2v) is 4.56. The van der Waals surface area contributed by atoms with Gasteiger partial charge in [-0.15, -0.1) is 0 Å². The highest BCUT2D eigenvalue weighted by atomic mass is 35.5. The highest BCUT2D eigenvalue weighted by molar-refractivity contribution is 6.35. The van der Waals surface area contributed by atoms with E-state index in [1.54, 1.807) is 18.2 Å². The molecule has 2 aromatic rings. The first kappa shape index (κ1) is 13.6. The molecule has 1 aromatic carbocycles. The number of nitrogens with zero attached hydrogens (tertiary/aromatic N) is 3. The smallest absolute Gasteiger partial charge is 0.182 e. The van der Waals surface area contributed by atoms with E-state index >= 15 is 0 Å². The van der Waals surface area contributed by atoms with Crippen LogP contribution in [0.4, 0.5) is 5.82 Å². The Morgan fingerprint density at radius 1 is 1.16 bits per heavy atom. The maximum absolute atomic E-state index is 8.89. The summed E-state index contributed by atoms with van der Waals surface area (Å²) in [5.41, 5.74) is 1.15. The van der Waals surface area contributed by atoms with Crippen LogP contribution in [-0.4, -0.2) is 16.5 Å². The van der Waals surface area contributed by atoms with Gasteiger partial charge in [0, 0.05) is 29.0 Å². The van der Waals surface area contributed by atoms with Crippen molar-refractivity contribution in [3.8, 4) is 6.07 Å². The highest BCUT2D eigenvalue weighted by Gasteiger charge is 2.07. The number of hydrogen-bond acceptors (Lipinski definition) is 4. The average Bonchev–Trinajstić information content (AvgIpc) is 2.42. The molecule has 2 rings (SSSR count). The second-order valence-electron chi connectivity index (χ2n) is 3.74. The van der Waals surface area contributed by atoms with Crippen molar-refractivity contribution in [3.05, 3.63) is 51.9 Å². The molecular weight excluding hydrogens is 283 g/mol. The molecule has 0 radical (unpaired) electrons. The third kappa shape index (κ3) is 3.34. The Hall–Kier alpha value is -1.83. The van der Waals surface area contributed by atoms with Gasteiger partial charge in [-0.25, -0.2) is 9.97 Å². The van der Waals surface area contributed by atoms with Gasteiger partial charge < -0.3 is 5.32 Å². The van der Waals surface area contributed by atoms with E-state index < -0.39 is 0 Å². The topological polar surface area (TPSA) is 61.6 Å². The number of nitriles is 1. The Morgan fingerprint density at radius 2 is 1.84 bits per heavy atom. The fourth-order valence-electron chi connectivity index (χ4n) is 1.63. The fourth-order valence-corrected chi connectivity index (χ4v) is 2.21. The Balaban J connectivity index is 2.03. The third-order valence-corrected chi connectivity index (χ3v) is 3.24. The minimum Gasteiger partial charge on any atom is -0.367 e. The van der Waals surface area contributed by atoms with Crippen molar-refractivity contribution in [2.24, 2.45) is 0 Å². The van der Waals surface area contributed by atoms with Gasteiger partial charge in [0.1, 0.15) is 6.07 Å².